The van der Waals surface area contributed by atoms with Crippen molar-refractivity contribution in [1.29, 1.82) is 0 Å². The predicted molar refractivity (Wildman–Crippen MR) is 193 cm³/mol. The molecule has 7 rings (SSSR count). The Balaban J connectivity index is 1.09. The fourth-order valence-corrected chi connectivity index (χ4v) is 8.05. The van der Waals surface area contributed by atoms with Crippen LogP contribution in [0.1, 0.15) is 18.4 Å². The van der Waals surface area contributed by atoms with E-state index in [0.29, 0.717) is 46.2 Å². The molecule has 268 valence electrons. The first-order valence-electron chi connectivity index (χ1n) is 16.4. The molecule has 2 aromatic heterocycles. The van der Waals surface area contributed by atoms with E-state index in [1.165, 1.54) is 20.8 Å². The van der Waals surface area contributed by atoms with Crippen molar-refractivity contribution in [3.8, 4) is 5.69 Å². The van der Waals surface area contributed by atoms with Gasteiger partial charge in [-0.1, -0.05) is 23.7 Å². The number of carbonyl (C=O) groups excluding carboxylic acids is 4. The second-order valence-corrected chi connectivity index (χ2v) is 15.3. The molecule has 4 heterocycles. The van der Waals surface area contributed by atoms with Gasteiger partial charge >= 0.3 is 17.8 Å². The van der Waals surface area contributed by atoms with E-state index < -0.39 is 39.6 Å². The maximum Gasteiger partial charge on any atom is 0.319 e. The van der Waals surface area contributed by atoms with Crippen LogP contribution in [0, 0.1) is 0 Å². The molecule has 1 atom stereocenters. The summed E-state index contributed by atoms with van der Waals surface area (Å²) in [6, 6.07) is 17.1. The average Bonchev–Trinajstić information content (AvgIpc) is 3.83. The Hall–Kier alpha value is -5.81. The number of urea groups is 1. The van der Waals surface area contributed by atoms with Gasteiger partial charge in [-0.05, 0) is 83.4 Å². The Bertz CT molecular complexity index is 2250. The molecular formula is C34H33ClN10O6S. The number of benzene rings is 3. The summed E-state index contributed by atoms with van der Waals surface area (Å²) in [5.74, 6) is -2.14. The lowest BCUT2D eigenvalue weighted by Crippen LogP contribution is -2.60. The topological polar surface area (TPSA) is 204 Å². The largest absolute Gasteiger partial charge is 0.361 e. The number of rotatable bonds is 9. The molecule has 2 fully saturated rings. The number of aromatic nitrogens is 5. The Morgan fingerprint density at radius 1 is 0.904 bits per heavy atom. The standard InChI is InChI=1S/C34H33ClN10O6S/c35-23-3-8-28(45-20-37-41-42-45)29(19-23)43-13-14-44(33(48)32(43)47)30(31(46)38-26-6-7-27-22(18-26)9-12-36-27)17-21-1-4-24(5-2-21)39-34(49)40-25-10-15-52(50,51)16-11-25/h1-9,12,18-20,25,30,36H,10-11,13-17H2,(H,38,46)(H2,39,40,49)/t30-/m0/s1. The van der Waals surface area contributed by atoms with Crippen LogP contribution in [-0.4, -0.2) is 98.9 Å². The number of piperazine rings is 1. The van der Waals surface area contributed by atoms with Gasteiger partial charge in [0, 0.05) is 59.0 Å². The zero-order valence-electron chi connectivity index (χ0n) is 27.5. The molecule has 2 aliphatic rings. The van der Waals surface area contributed by atoms with Crippen molar-refractivity contribution in [1.82, 2.24) is 35.4 Å². The number of halogens is 1. The molecule has 4 N–H and O–H groups in total. The van der Waals surface area contributed by atoms with E-state index in [-0.39, 0.29) is 37.1 Å². The summed E-state index contributed by atoms with van der Waals surface area (Å²) >= 11 is 6.29. The number of carbonyl (C=O) groups is 4. The highest BCUT2D eigenvalue weighted by molar-refractivity contribution is 7.91. The van der Waals surface area contributed by atoms with Gasteiger partial charge in [0.2, 0.25) is 5.91 Å². The fourth-order valence-electron chi connectivity index (χ4n) is 6.39. The highest BCUT2D eigenvalue weighted by Gasteiger charge is 2.40. The number of fused-ring (bicyclic) bond motifs is 1. The quantitative estimate of drug-likeness (QED) is 0.164. The maximum absolute atomic E-state index is 14.0. The van der Waals surface area contributed by atoms with E-state index in [1.54, 1.807) is 54.7 Å². The van der Waals surface area contributed by atoms with Gasteiger partial charge in [-0.15, -0.1) is 5.10 Å². The summed E-state index contributed by atoms with van der Waals surface area (Å²) in [7, 11) is -3.06. The van der Waals surface area contributed by atoms with Crippen molar-refractivity contribution < 1.29 is 27.6 Å². The summed E-state index contributed by atoms with van der Waals surface area (Å²) in [6.45, 7) is 0.0906. The number of amides is 5. The van der Waals surface area contributed by atoms with Crippen LogP contribution in [0.4, 0.5) is 21.9 Å². The minimum Gasteiger partial charge on any atom is -0.361 e. The van der Waals surface area contributed by atoms with Gasteiger partial charge in [-0.2, -0.15) is 4.68 Å². The van der Waals surface area contributed by atoms with Crippen molar-refractivity contribution >= 4 is 73.2 Å². The van der Waals surface area contributed by atoms with E-state index in [1.807, 2.05) is 18.2 Å². The van der Waals surface area contributed by atoms with Crippen molar-refractivity contribution in [2.24, 2.45) is 0 Å². The second kappa shape index (κ2) is 14.4. The fraction of sp³-hybridized carbons (Fsp3) is 0.265. The van der Waals surface area contributed by atoms with Crippen LogP contribution >= 0.6 is 11.6 Å². The molecule has 0 saturated carbocycles. The van der Waals surface area contributed by atoms with Crippen LogP contribution in [0.25, 0.3) is 16.6 Å². The monoisotopic (exact) mass is 744 g/mol. The van der Waals surface area contributed by atoms with Crippen LogP contribution in [-0.2, 0) is 30.6 Å². The van der Waals surface area contributed by atoms with E-state index >= 15 is 0 Å². The lowest BCUT2D eigenvalue weighted by atomic mass is 10.0. The molecule has 5 aromatic rings. The van der Waals surface area contributed by atoms with Crippen molar-refractivity contribution in [3.63, 3.8) is 0 Å². The smallest absolute Gasteiger partial charge is 0.319 e. The molecule has 5 amide bonds. The number of sulfone groups is 1. The summed E-state index contributed by atoms with van der Waals surface area (Å²) in [4.78, 5) is 59.9. The van der Waals surface area contributed by atoms with Gasteiger partial charge in [0.15, 0.2) is 0 Å². The molecule has 18 heteroatoms. The number of anilines is 3. The first kappa shape index (κ1) is 34.6. The van der Waals surface area contributed by atoms with Crippen LogP contribution in [0.2, 0.25) is 5.02 Å². The van der Waals surface area contributed by atoms with Gasteiger partial charge in [0.25, 0.3) is 0 Å². The van der Waals surface area contributed by atoms with E-state index in [0.717, 1.165) is 10.9 Å². The van der Waals surface area contributed by atoms with E-state index in [2.05, 4.69) is 36.5 Å². The van der Waals surface area contributed by atoms with Crippen molar-refractivity contribution in [2.45, 2.75) is 31.3 Å². The summed E-state index contributed by atoms with van der Waals surface area (Å²) in [6.07, 6.45) is 3.92. The average molecular weight is 745 g/mol. The van der Waals surface area contributed by atoms with Gasteiger partial charge < -0.3 is 30.7 Å². The highest BCUT2D eigenvalue weighted by Crippen LogP contribution is 2.30. The first-order chi connectivity index (χ1) is 25.0. The SMILES string of the molecule is O=C(Nc1ccc(C[C@@H](C(=O)Nc2ccc3[nH]ccc3c2)N2CCN(c3cc(Cl)ccc3-n3cnnn3)C(=O)C2=O)cc1)NC1CCS(=O)(=O)CC1. The summed E-state index contributed by atoms with van der Waals surface area (Å²) in [5.41, 5.74) is 3.33. The molecule has 0 radical (unpaired) electrons. The van der Waals surface area contributed by atoms with Crippen molar-refractivity contribution in [3.05, 3.63) is 89.8 Å². The van der Waals surface area contributed by atoms with Gasteiger partial charge in [-0.25, -0.2) is 13.2 Å². The molecule has 3 aromatic carbocycles. The number of aromatic amines is 1. The highest BCUT2D eigenvalue weighted by atomic mass is 35.5. The summed E-state index contributed by atoms with van der Waals surface area (Å²) in [5, 5.41) is 21.0. The van der Waals surface area contributed by atoms with Crippen LogP contribution < -0.4 is 20.9 Å². The first-order valence-corrected chi connectivity index (χ1v) is 18.6. The predicted octanol–water partition coefficient (Wildman–Crippen LogP) is 2.92. The van der Waals surface area contributed by atoms with E-state index in [4.69, 9.17) is 11.6 Å². The van der Waals surface area contributed by atoms with Crippen LogP contribution in [0.3, 0.4) is 0 Å². The van der Waals surface area contributed by atoms with Crippen LogP contribution in [0.15, 0.2) is 79.3 Å². The third-order valence-corrected chi connectivity index (χ3v) is 11.1. The third-order valence-electron chi connectivity index (χ3n) is 9.11. The molecule has 16 nitrogen and oxygen atoms in total. The third kappa shape index (κ3) is 7.59. The zero-order chi connectivity index (χ0) is 36.4. The minimum atomic E-state index is -3.06. The zero-order valence-corrected chi connectivity index (χ0v) is 29.1. The minimum absolute atomic E-state index is 0.0311. The molecule has 0 spiro atoms. The van der Waals surface area contributed by atoms with Gasteiger partial charge in [-0.3, -0.25) is 14.4 Å². The Kier molecular flexibility index (Phi) is 9.61. The number of tetrazole rings is 1. The van der Waals surface area contributed by atoms with E-state index in [9.17, 15) is 27.6 Å². The lowest BCUT2D eigenvalue weighted by Gasteiger charge is -2.38. The molecule has 2 aliphatic heterocycles. The number of hydrogen-bond acceptors (Lipinski definition) is 9. The number of nitrogens with one attached hydrogen (secondary N) is 4. The summed E-state index contributed by atoms with van der Waals surface area (Å²) < 4.78 is 24.8. The van der Waals surface area contributed by atoms with Gasteiger partial charge in [0.1, 0.15) is 22.2 Å². The Labute approximate surface area is 302 Å². The lowest BCUT2D eigenvalue weighted by molar-refractivity contribution is -0.149. The molecule has 0 unspecified atom stereocenters. The number of hydrogen-bond donors (Lipinski definition) is 4. The van der Waals surface area contributed by atoms with Crippen LogP contribution in [0.5, 0.6) is 0 Å². The second-order valence-electron chi connectivity index (χ2n) is 12.6. The van der Waals surface area contributed by atoms with Crippen molar-refractivity contribution in [2.75, 3.05) is 40.1 Å². The number of H-pyrrole nitrogens is 1. The normalized spacial score (nSPS) is 16.9. The maximum atomic E-state index is 14.0. The number of nitrogens with zero attached hydrogens (tertiary/aromatic N) is 6. The molecule has 2 saturated heterocycles. The molecule has 0 bridgehead atoms. The Morgan fingerprint density at radius 3 is 2.42 bits per heavy atom. The van der Waals surface area contributed by atoms with Gasteiger partial charge in [0.05, 0.1) is 22.9 Å². The molecule has 0 aliphatic carbocycles. The molecule has 52 heavy (non-hydrogen) atoms. The Morgan fingerprint density at radius 2 is 1.67 bits per heavy atom. The molecular weight excluding hydrogens is 712 g/mol.